The smallest absolute Gasteiger partial charge is 0.313 e. The fraction of sp³-hybridized carbons (Fsp3) is 0.417. The van der Waals surface area contributed by atoms with Crippen LogP contribution in [0.4, 0.5) is 4.39 Å². The van der Waals surface area contributed by atoms with Gasteiger partial charge in [-0.15, -0.1) is 0 Å². The third kappa shape index (κ3) is 2.26. The topological polar surface area (TPSA) is 26.3 Å². The monoisotopic (exact) mass is 286 g/mol. The molecule has 0 aromatic heterocycles. The van der Waals surface area contributed by atoms with Crippen LogP contribution in [0.2, 0.25) is 0 Å². The molecule has 0 bridgehead atoms. The number of ether oxygens (including phenoxy) is 1. The van der Waals surface area contributed by atoms with Crippen LogP contribution in [0.1, 0.15) is 24.3 Å². The summed E-state index contributed by atoms with van der Waals surface area (Å²) in [4.78, 5) is 11.7. The fourth-order valence-corrected chi connectivity index (χ4v) is 2.48. The Bertz CT molecular complexity index is 415. The van der Waals surface area contributed by atoms with Crippen molar-refractivity contribution in [3.8, 4) is 0 Å². The summed E-state index contributed by atoms with van der Waals surface area (Å²) in [5, 5.41) is 0. The summed E-state index contributed by atoms with van der Waals surface area (Å²) in [6.07, 6.45) is 2.06. The van der Waals surface area contributed by atoms with Crippen LogP contribution in [-0.2, 0) is 9.53 Å². The van der Waals surface area contributed by atoms with Gasteiger partial charge in [-0.05, 0) is 36.5 Å². The van der Waals surface area contributed by atoms with Gasteiger partial charge in [-0.1, -0.05) is 22.0 Å². The average Bonchev–Trinajstić information content (AvgIpc) is 3.05. The molecule has 4 heteroatoms. The highest BCUT2D eigenvalue weighted by atomic mass is 79.9. The van der Waals surface area contributed by atoms with Crippen molar-refractivity contribution in [1.82, 2.24) is 0 Å². The van der Waals surface area contributed by atoms with Gasteiger partial charge >= 0.3 is 5.97 Å². The van der Waals surface area contributed by atoms with E-state index in [-0.39, 0.29) is 17.7 Å². The molecule has 1 atom stereocenters. The molecular formula is C12H12BrFO2. The number of halogens is 2. The molecule has 0 N–H and O–H groups in total. The summed E-state index contributed by atoms with van der Waals surface area (Å²) >= 11 is 3.29. The van der Waals surface area contributed by atoms with Crippen molar-refractivity contribution in [2.75, 3.05) is 7.11 Å². The lowest BCUT2D eigenvalue weighted by Gasteiger charge is -2.15. The van der Waals surface area contributed by atoms with Gasteiger partial charge in [0.05, 0.1) is 13.0 Å². The predicted octanol–water partition coefficient (Wildman–Crippen LogP) is 3.25. The van der Waals surface area contributed by atoms with Crippen molar-refractivity contribution in [3.63, 3.8) is 0 Å². The maximum atomic E-state index is 13.0. The Labute approximate surface area is 102 Å². The number of benzene rings is 1. The molecule has 16 heavy (non-hydrogen) atoms. The Kier molecular flexibility index (Phi) is 3.28. The summed E-state index contributed by atoms with van der Waals surface area (Å²) in [7, 11) is 1.38. The lowest BCUT2D eigenvalue weighted by Crippen LogP contribution is -2.16. The van der Waals surface area contributed by atoms with E-state index >= 15 is 0 Å². The molecule has 1 aliphatic rings. The van der Waals surface area contributed by atoms with Crippen LogP contribution >= 0.6 is 15.9 Å². The molecule has 1 fully saturated rings. The number of rotatable bonds is 3. The lowest BCUT2D eigenvalue weighted by molar-refractivity contribution is -0.143. The van der Waals surface area contributed by atoms with Crippen molar-refractivity contribution in [3.05, 3.63) is 34.1 Å². The maximum Gasteiger partial charge on any atom is 0.313 e. The van der Waals surface area contributed by atoms with Crippen LogP contribution in [0.15, 0.2) is 22.7 Å². The number of carbonyl (C=O) groups is 1. The second kappa shape index (κ2) is 4.53. The summed E-state index contributed by atoms with van der Waals surface area (Å²) < 4.78 is 18.4. The minimum Gasteiger partial charge on any atom is -0.469 e. The van der Waals surface area contributed by atoms with Crippen LogP contribution in [0.5, 0.6) is 0 Å². The summed E-state index contributed by atoms with van der Waals surface area (Å²) in [5.41, 5.74) is 0.816. The zero-order chi connectivity index (χ0) is 11.7. The highest BCUT2D eigenvalue weighted by Gasteiger charge is 2.39. The van der Waals surface area contributed by atoms with Crippen molar-refractivity contribution in [2.45, 2.75) is 18.8 Å². The molecule has 1 unspecified atom stereocenters. The van der Waals surface area contributed by atoms with E-state index in [0.29, 0.717) is 10.4 Å². The minimum atomic E-state index is -0.310. The zero-order valence-corrected chi connectivity index (χ0v) is 10.5. The molecule has 0 heterocycles. The largest absolute Gasteiger partial charge is 0.469 e. The van der Waals surface area contributed by atoms with Crippen molar-refractivity contribution < 1.29 is 13.9 Å². The first kappa shape index (κ1) is 11.6. The molecule has 2 nitrogen and oxygen atoms in total. The quantitative estimate of drug-likeness (QED) is 0.798. The highest BCUT2D eigenvalue weighted by Crippen LogP contribution is 2.45. The number of hydrogen-bond acceptors (Lipinski definition) is 2. The van der Waals surface area contributed by atoms with Gasteiger partial charge in [-0.3, -0.25) is 4.79 Å². The molecule has 0 aliphatic heterocycles. The van der Waals surface area contributed by atoms with E-state index in [1.165, 1.54) is 19.2 Å². The number of esters is 1. The zero-order valence-electron chi connectivity index (χ0n) is 8.87. The van der Waals surface area contributed by atoms with Crippen molar-refractivity contribution in [2.24, 2.45) is 5.92 Å². The van der Waals surface area contributed by atoms with E-state index in [2.05, 4.69) is 15.9 Å². The number of carbonyl (C=O) groups excluding carboxylic acids is 1. The SMILES string of the molecule is COC(=O)C(c1ccc(F)cc1Br)C1CC1. The molecule has 1 aromatic rings. The molecule has 0 spiro atoms. The molecular weight excluding hydrogens is 275 g/mol. The van der Waals surface area contributed by atoms with Crippen LogP contribution in [0.25, 0.3) is 0 Å². The third-order valence-electron chi connectivity index (χ3n) is 2.85. The number of methoxy groups -OCH3 is 1. The van der Waals surface area contributed by atoms with Gasteiger partial charge in [0.15, 0.2) is 0 Å². The van der Waals surface area contributed by atoms with Gasteiger partial charge in [0.25, 0.3) is 0 Å². The Hall–Kier alpha value is -0.900. The molecule has 0 amide bonds. The van der Waals surface area contributed by atoms with Crippen molar-refractivity contribution >= 4 is 21.9 Å². The minimum absolute atomic E-state index is 0.241. The van der Waals surface area contributed by atoms with Crippen LogP contribution in [0, 0.1) is 11.7 Å². The fourth-order valence-electron chi connectivity index (χ4n) is 1.88. The van der Waals surface area contributed by atoms with E-state index < -0.39 is 0 Å². The number of hydrogen-bond donors (Lipinski definition) is 0. The van der Waals surface area contributed by atoms with Crippen molar-refractivity contribution in [1.29, 1.82) is 0 Å². The first-order valence-electron chi connectivity index (χ1n) is 5.16. The molecule has 1 saturated carbocycles. The Morgan fingerprint density at radius 3 is 2.75 bits per heavy atom. The van der Waals surface area contributed by atoms with E-state index in [9.17, 15) is 9.18 Å². The Balaban J connectivity index is 2.34. The van der Waals surface area contributed by atoms with Gasteiger partial charge in [-0.2, -0.15) is 0 Å². The van der Waals surface area contributed by atoms with Gasteiger partial charge in [0.2, 0.25) is 0 Å². The van der Waals surface area contributed by atoms with Crippen LogP contribution in [0.3, 0.4) is 0 Å². The maximum absolute atomic E-state index is 13.0. The first-order valence-corrected chi connectivity index (χ1v) is 5.95. The third-order valence-corrected chi connectivity index (χ3v) is 3.53. The molecule has 86 valence electrons. The average molecular weight is 287 g/mol. The second-order valence-corrected chi connectivity index (χ2v) is 4.86. The molecule has 1 aromatic carbocycles. The van der Waals surface area contributed by atoms with E-state index in [4.69, 9.17) is 4.74 Å². The molecule has 1 aliphatic carbocycles. The van der Waals surface area contributed by atoms with Gasteiger partial charge < -0.3 is 4.74 Å². The van der Waals surface area contributed by atoms with Crippen LogP contribution < -0.4 is 0 Å². The molecule has 0 radical (unpaired) electrons. The standard InChI is InChI=1S/C12H12BrFO2/c1-16-12(15)11(7-2-3-7)9-5-4-8(14)6-10(9)13/h4-7,11H,2-3H2,1H3. The van der Waals surface area contributed by atoms with E-state index in [1.807, 2.05) is 0 Å². The van der Waals surface area contributed by atoms with Crippen LogP contribution in [-0.4, -0.2) is 13.1 Å². The second-order valence-electron chi connectivity index (χ2n) is 4.00. The normalized spacial score (nSPS) is 16.9. The van der Waals surface area contributed by atoms with Gasteiger partial charge in [0.1, 0.15) is 5.82 Å². The van der Waals surface area contributed by atoms with E-state index in [0.717, 1.165) is 18.4 Å². The summed E-state index contributed by atoms with van der Waals surface area (Å²) in [6, 6.07) is 4.41. The molecule has 0 saturated heterocycles. The molecule has 2 rings (SSSR count). The predicted molar refractivity (Wildman–Crippen MR) is 61.6 cm³/mol. The summed E-state index contributed by atoms with van der Waals surface area (Å²) in [5.74, 6) is -0.473. The van der Waals surface area contributed by atoms with Gasteiger partial charge in [0, 0.05) is 4.47 Å². The lowest BCUT2D eigenvalue weighted by atomic mass is 9.94. The highest BCUT2D eigenvalue weighted by molar-refractivity contribution is 9.10. The first-order chi connectivity index (χ1) is 7.63. The Morgan fingerprint density at radius 2 is 2.25 bits per heavy atom. The Morgan fingerprint density at radius 1 is 1.56 bits per heavy atom. The summed E-state index contributed by atoms with van der Waals surface area (Å²) in [6.45, 7) is 0. The van der Waals surface area contributed by atoms with Gasteiger partial charge in [-0.25, -0.2) is 4.39 Å². The van der Waals surface area contributed by atoms with E-state index in [1.54, 1.807) is 6.07 Å².